The van der Waals surface area contributed by atoms with Gasteiger partial charge in [0.15, 0.2) is 0 Å². The zero-order valence-corrected chi connectivity index (χ0v) is 14.6. The topological polar surface area (TPSA) is 46.9 Å². The van der Waals surface area contributed by atoms with E-state index in [-0.39, 0.29) is 6.61 Å². The van der Waals surface area contributed by atoms with Crippen LogP contribution in [0.3, 0.4) is 0 Å². The zero-order chi connectivity index (χ0) is 17.4. The molecule has 4 heteroatoms. The highest BCUT2D eigenvalue weighted by molar-refractivity contribution is 5.46. The van der Waals surface area contributed by atoms with Crippen molar-refractivity contribution < 1.29 is 10.2 Å². The largest absolute Gasteiger partial charge is 0.395 e. The minimum absolute atomic E-state index is 0.125. The van der Waals surface area contributed by atoms with Crippen molar-refractivity contribution in [2.75, 3.05) is 38.7 Å². The van der Waals surface area contributed by atoms with E-state index < -0.39 is 6.10 Å². The van der Waals surface area contributed by atoms with Crippen LogP contribution in [0.2, 0.25) is 0 Å². The smallest absolute Gasteiger partial charge is 0.0802 e. The summed E-state index contributed by atoms with van der Waals surface area (Å²) in [5, 5.41) is 19.7. The number of benzene rings is 2. The van der Waals surface area contributed by atoms with Crippen molar-refractivity contribution in [1.29, 1.82) is 0 Å². The Morgan fingerprint density at radius 2 is 1.58 bits per heavy atom. The number of aliphatic hydroxyl groups is 2. The predicted molar refractivity (Wildman–Crippen MR) is 99.2 cm³/mol. The van der Waals surface area contributed by atoms with E-state index in [1.165, 1.54) is 5.56 Å². The molecule has 2 aromatic rings. The van der Waals surface area contributed by atoms with Crippen molar-refractivity contribution >= 4 is 5.69 Å². The molecule has 0 radical (unpaired) electrons. The highest BCUT2D eigenvalue weighted by Crippen LogP contribution is 2.21. The zero-order valence-electron chi connectivity index (χ0n) is 14.6. The van der Waals surface area contributed by atoms with Crippen molar-refractivity contribution in [3.63, 3.8) is 0 Å². The molecular weight excluding hydrogens is 300 g/mol. The molecule has 0 spiro atoms. The summed E-state index contributed by atoms with van der Waals surface area (Å²) < 4.78 is 0. The first-order valence-electron chi connectivity index (χ1n) is 8.42. The average Bonchev–Trinajstić information content (AvgIpc) is 2.60. The van der Waals surface area contributed by atoms with E-state index in [4.69, 9.17) is 0 Å². The molecule has 2 N–H and O–H groups in total. The predicted octanol–water partition coefficient (Wildman–Crippen LogP) is 2.67. The SMILES string of the molecule is CN(C)c1ccc(C(O)CCN(CCO)Cc2ccccc2)cc1. The lowest BCUT2D eigenvalue weighted by molar-refractivity contribution is 0.128. The van der Waals surface area contributed by atoms with E-state index in [1.54, 1.807) is 0 Å². The van der Waals surface area contributed by atoms with Crippen molar-refractivity contribution in [1.82, 2.24) is 4.90 Å². The van der Waals surface area contributed by atoms with Gasteiger partial charge < -0.3 is 15.1 Å². The van der Waals surface area contributed by atoms with Gasteiger partial charge in [-0.25, -0.2) is 0 Å². The number of anilines is 1. The van der Waals surface area contributed by atoms with Gasteiger partial charge in [-0.3, -0.25) is 4.90 Å². The molecule has 130 valence electrons. The summed E-state index contributed by atoms with van der Waals surface area (Å²) in [6.07, 6.45) is 0.159. The third-order valence-electron chi connectivity index (χ3n) is 4.18. The summed E-state index contributed by atoms with van der Waals surface area (Å²) in [4.78, 5) is 4.21. The molecule has 0 heterocycles. The van der Waals surface area contributed by atoms with Gasteiger partial charge in [-0.05, 0) is 29.7 Å². The maximum absolute atomic E-state index is 10.4. The molecule has 24 heavy (non-hydrogen) atoms. The maximum atomic E-state index is 10.4. The molecule has 0 aliphatic rings. The van der Waals surface area contributed by atoms with Crippen LogP contribution < -0.4 is 4.90 Å². The molecule has 0 aromatic heterocycles. The normalized spacial score (nSPS) is 12.4. The molecule has 4 nitrogen and oxygen atoms in total. The fourth-order valence-corrected chi connectivity index (χ4v) is 2.72. The third kappa shape index (κ3) is 5.64. The quantitative estimate of drug-likeness (QED) is 0.743. The highest BCUT2D eigenvalue weighted by Gasteiger charge is 2.12. The van der Waals surface area contributed by atoms with Crippen LogP contribution in [0, 0.1) is 0 Å². The highest BCUT2D eigenvalue weighted by atomic mass is 16.3. The summed E-state index contributed by atoms with van der Waals surface area (Å²) in [6, 6.07) is 18.2. The minimum atomic E-state index is -0.488. The Balaban J connectivity index is 1.90. The first kappa shape index (κ1) is 18.5. The van der Waals surface area contributed by atoms with Crippen LogP contribution in [0.4, 0.5) is 5.69 Å². The van der Waals surface area contributed by atoms with E-state index in [1.807, 2.05) is 61.5 Å². The Morgan fingerprint density at radius 3 is 2.17 bits per heavy atom. The van der Waals surface area contributed by atoms with Crippen molar-refractivity contribution in [2.24, 2.45) is 0 Å². The number of aliphatic hydroxyl groups excluding tert-OH is 2. The van der Waals surface area contributed by atoms with Gasteiger partial charge in [-0.1, -0.05) is 42.5 Å². The van der Waals surface area contributed by atoms with Crippen molar-refractivity contribution in [3.05, 3.63) is 65.7 Å². The lowest BCUT2D eigenvalue weighted by atomic mass is 10.1. The second-order valence-electron chi connectivity index (χ2n) is 6.28. The summed E-state index contributed by atoms with van der Waals surface area (Å²) in [5.74, 6) is 0. The minimum Gasteiger partial charge on any atom is -0.395 e. The molecule has 0 amide bonds. The molecule has 0 saturated carbocycles. The fourth-order valence-electron chi connectivity index (χ4n) is 2.72. The van der Waals surface area contributed by atoms with E-state index in [2.05, 4.69) is 17.0 Å². The Kier molecular flexibility index (Phi) is 7.25. The van der Waals surface area contributed by atoms with Crippen molar-refractivity contribution in [3.8, 4) is 0 Å². The standard InChI is InChI=1S/C20H28N2O2/c1-21(2)19-10-8-18(9-11-19)20(24)12-13-22(14-15-23)16-17-6-4-3-5-7-17/h3-11,20,23-24H,12-16H2,1-2H3. The van der Waals surface area contributed by atoms with Crippen LogP contribution in [0.1, 0.15) is 23.7 Å². The fraction of sp³-hybridized carbons (Fsp3) is 0.400. The van der Waals surface area contributed by atoms with E-state index in [0.29, 0.717) is 13.0 Å². The molecular formula is C20H28N2O2. The molecule has 0 aliphatic heterocycles. The Hall–Kier alpha value is -1.88. The molecule has 0 saturated heterocycles. The van der Waals surface area contributed by atoms with Gasteiger partial charge in [0.2, 0.25) is 0 Å². The summed E-state index contributed by atoms with van der Waals surface area (Å²) >= 11 is 0. The Bertz CT molecular complexity index is 584. The third-order valence-corrected chi connectivity index (χ3v) is 4.18. The van der Waals surface area contributed by atoms with Gasteiger partial charge in [0.05, 0.1) is 12.7 Å². The van der Waals surface area contributed by atoms with Crippen LogP contribution in [0.25, 0.3) is 0 Å². The molecule has 1 unspecified atom stereocenters. The van der Waals surface area contributed by atoms with Gasteiger partial charge in [0, 0.05) is 39.4 Å². The molecule has 0 aliphatic carbocycles. The van der Waals surface area contributed by atoms with Gasteiger partial charge in [0.25, 0.3) is 0 Å². The van der Waals surface area contributed by atoms with Crippen LogP contribution in [0.15, 0.2) is 54.6 Å². The molecule has 2 aromatic carbocycles. The molecule has 0 fully saturated rings. The average molecular weight is 328 g/mol. The summed E-state index contributed by atoms with van der Waals surface area (Å²) in [6.45, 7) is 2.27. The Labute approximate surface area is 145 Å². The van der Waals surface area contributed by atoms with Crippen LogP contribution in [0.5, 0.6) is 0 Å². The maximum Gasteiger partial charge on any atom is 0.0802 e. The van der Waals surface area contributed by atoms with E-state index in [9.17, 15) is 10.2 Å². The van der Waals surface area contributed by atoms with E-state index >= 15 is 0 Å². The second-order valence-corrected chi connectivity index (χ2v) is 6.28. The second kappa shape index (κ2) is 9.42. The van der Waals surface area contributed by atoms with Crippen LogP contribution in [-0.2, 0) is 6.54 Å². The summed E-state index contributed by atoms with van der Waals surface area (Å²) in [5.41, 5.74) is 3.27. The van der Waals surface area contributed by atoms with E-state index in [0.717, 1.165) is 24.3 Å². The number of hydrogen-bond acceptors (Lipinski definition) is 4. The van der Waals surface area contributed by atoms with Crippen LogP contribution >= 0.6 is 0 Å². The van der Waals surface area contributed by atoms with Gasteiger partial charge in [0.1, 0.15) is 0 Å². The monoisotopic (exact) mass is 328 g/mol. The number of hydrogen-bond donors (Lipinski definition) is 2. The summed E-state index contributed by atoms with van der Waals surface area (Å²) in [7, 11) is 4.00. The molecule has 1 atom stereocenters. The first-order chi connectivity index (χ1) is 11.6. The first-order valence-corrected chi connectivity index (χ1v) is 8.42. The lowest BCUT2D eigenvalue weighted by Gasteiger charge is -2.23. The number of rotatable bonds is 9. The number of nitrogens with zero attached hydrogens (tertiary/aromatic N) is 2. The molecule has 0 bridgehead atoms. The van der Waals surface area contributed by atoms with Gasteiger partial charge in [-0.2, -0.15) is 0 Å². The lowest BCUT2D eigenvalue weighted by Crippen LogP contribution is -2.28. The molecule has 2 rings (SSSR count). The van der Waals surface area contributed by atoms with Gasteiger partial charge in [-0.15, -0.1) is 0 Å². The van der Waals surface area contributed by atoms with Crippen LogP contribution in [-0.4, -0.2) is 48.9 Å². The Morgan fingerprint density at radius 1 is 0.917 bits per heavy atom. The van der Waals surface area contributed by atoms with Gasteiger partial charge >= 0.3 is 0 Å². The van der Waals surface area contributed by atoms with Crippen molar-refractivity contribution in [2.45, 2.75) is 19.1 Å².